The minimum absolute atomic E-state index is 0.422. The number of aryl methyl sites for hydroxylation is 2. The highest BCUT2D eigenvalue weighted by Crippen LogP contribution is 2.15. The maximum Gasteiger partial charge on any atom is 0.191 e. The summed E-state index contributed by atoms with van der Waals surface area (Å²) >= 11 is 0. The van der Waals surface area contributed by atoms with E-state index < -0.39 is 0 Å². The van der Waals surface area contributed by atoms with Gasteiger partial charge in [0.25, 0.3) is 0 Å². The van der Waals surface area contributed by atoms with E-state index in [0.717, 1.165) is 30.4 Å². The molecule has 0 aliphatic carbocycles. The van der Waals surface area contributed by atoms with Crippen LogP contribution in [-0.2, 0) is 6.54 Å². The van der Waals surface area contributed by atoms with Crippen LogP contribution >= 0.6 is 0 Å². The van der Waals surface area contributed by atoms with Crippen molar-refractivity contribution in [3.8, 4) is 0 Å². The summed E-state index contributed by atoms with van der Waals surface area (Å²) in [6.45, 7) is 10.7. The highest BCUT2D eigenvalue weighted by Gasteiger charge is 2.07. The van der Waals surface area contributed by atoms with Gasteiger partial charge in [-0.25, -0.2) is 4.99 Å². The van der Waals surface area contributed by atoms with E-state index in [9.17, 15) is 0 Å². The lowest BCUT2D eigenvalue weighted by atomic mass is 9.99. The molecule has 0 aliphatic rings. The molecular weight excluding hydrogens is 296 g/mol. The Balaban J connectivity index is 1.96. The minimum Gasteiger partial charge on any atom is -0.357 e. The average Bonchev–Trinajstić information content (AvgIpc) is 2.57. The predicted molar refractivity (Wildman–Crippen MR) is 101 cm³/mol. The molecule has 128 valence electrons. The minimum atomic E-state index is 0.422. The molecule has 0 radical (unpaired) electrons. The van der Waals surface area contributed by atoms with Gasteiger partial charge in [-0.2, -0.15) is 0 Å². The van der Waals surface area contributed by atoms with E-state index in [1.54, 1.807) is 0 Å². The first-order valence-electron chi connectivity index (χ1n) is 8.59. The molecule has 0 saturated carbocycles. The van der Waals surface area contributed by atoms with E-state index in [1.165, 1.54) is 11.1 Å². The second kappa shape index (κ2) is 9.06. The molecular formula is C20H28N4. The summed E-state index contributed by atoms with van der Waals surface area (Å²) in [5, 5.41) is 6.73. The van der Waals surface area contributed by atoms with Crippen molar-refractivity contribution in [2.75, 3.05) is 13.1 Å². The molecule has 1 unspecified atom stereocenters. The number of hydrogen-bond donors (Lipinski definition) is 2. The topological polar surface area (TPSA) is 49.3 Å². The summed E-state index contributed by atoms with van der Waals surface area (Å²) in [5.74, 6) is 1.26. The van der Waals surface area contributed by atoms with Crippen LogP contribution in [0.2, 0.25) is 0 Å². The van der Waals surface area contributed by atoms with Crippen molar-refractivity contribution in [3.63, 3.8) is 0 Å². The van der Waals surface area contributed by atoms with Crippen LogP contribution in [-0.4, -0.2) is 24.0 Å². The second-order valence-electron chi connectivity index (χ2n) is 6.16. The van der Waals surface area contributed by atoms with Crippen molar-refractivity contribution in [2.24, 2.45) is 4.99 Å². The maximum atomic E-state index is 4.64. The fourth-order valence-electron chi connectivity index (χ4n) is 2.53. The van der Waals surface area contributed by atoms with Gasteiger partial charge in [0.2, 0.25) is 0 Å². The molecule has 0 aliphatic heterocycles. The van der Waals surface area contributed by atoms with E-state index in [-0.39, 0.29) is 0 Å². The molecule has 1 atom stereocenters. The zero-order chi connectivity index (χ0) is 17.4. The summed E-state index contributed by atoms with van der Waals surface area (Å²) in [6.07, 6.45) is 0. The molecule has 1 aromatic carbocycles. The number of hydrogen-bond acceptors (Lipinski definition) is 2. The Bertz CT molecular complexity index is 679. The van der Waals surface area contributed by atoms with Crippen molar-refractivity contribution in [2.45, 2.75) is 40.2 Å². The number of aromatic nitrogens is 1. The van der Waals surface area contributed by atoms with Crippen LogP contribution in [0, 0.1) is 13.8 Å². The number of rotatable bonds is 6. The molecule has 2 rings (SSSR count). The Labute approximate surface area is 145 Å². The first kappa shape index (κ1) is 18.0. The molecule has 1 aromatic heterocycles. The lowest BCUT2D eigenvalue weighted by Gasteiger charge is -2.16. The van der Waals surface area contributed by atoms with E-state index >= 15 is 0 Å². The van der Waals surface area contributed by atoms with Gasteiger partial charge in [0.1, 0.15) is 0 Å². The Hall–Kier alpha value is -2.36. The van der Waals surface area contributed by atoms with Gasteiger partial charge in [0.05, 0.1) is 12.2 Å². The van der Waals surface area contributed by atoms with E-state index in [4.69, 9.17) is 0 Å². The summed E-state index contributed by atoms with van der Waals surface area (Å²) < 4.78 is 0. The van der Waals surface area contributed by atoms with Gasteiger partial charge >= 0.3 is 0 Å². The van der Waals surface area contributed by atoms with Crippen molar-refractivity contribution in [1.82, 2.24) is 15.6 Å². The molecule has 0 saturated heterocycles. The van der Waals surface area contributed by atoms with Crippen molar-refractivity contribution in [1.29, 1.82) is 0 Å². The Kier molecular flexibility index (Phi) is 6.79. The fraction of sp³-hybridized carbons (Fsp3) is 0.400. The normalized spacial score (nSPS) is 12.8. The third kappa shape index (κ3) is 5.69. The van der Waals surface area contributed by atoms with Gasteiger partial charge in [-0.15, -0.1) is 0 Å². The van der Waals surface area contributed by atoms with Crippen molar-refractivity contribution < 1.29 is 0 Å². The molecule has 1 heterocycles. The molecule has 0 amide bonds. The van der Waals surface area contributed by atoms with Crippen molar-refractivity contribution >= 4 is 5.96 Å². The molecule has 2 aromatic rings. The predicted octanol–water partition coefficient (Wildman–Crippen LogP) is 3.56. The second-order valence-corrected chi connectivity index (χ2v) is 6.16. The lowest BCUT2D eigenvalue weighted by molar-refractivity contribution is 0.698. The zero-order valence-electron chi connectivity index (χ0n) is 15.1. The number of nitrogens with zero attached hydrogens (tertiary/aromatic N) is 2. The van der Waals surface area contributed by atoms with E-state index in [0.29, 0.717) is 12.5 Å². The van der Waals surface area contributed by atoms with Gasteiger partial charge in [-0.05, 0) is 44.4 Å². The number of nitrogens with one attached hydrogen (secondary N) is 2. The Morgan fingerprint density at radius 1 is 1.12 bits per heavy atom. The van der Waals surface area contributed by atoms with Crippen LogP contribution in [0.1, 0.15) is 42.3 Å². The van der Waals surface area contributed by atoms with Crippen LogP contribution in [0.5, 0.6) is 0 Å². The number of guanidine groups is 1. The smallest absolute Gasteiger partial charge is 0.191 e. The van der Waals surface area contributed by atoms with Crippen LogP contribution in [0.3, 0.4) is 0 Å². The van der Waals surface area contributed by atoms with Crippen LogP contribution in [0.25, 0.3) is 0 Å². The highest BCUT2D eigenvalue weighted by molar-refractivity contribution is 5.79. The largest absolute Gasteiger partial charge is 0.357 e. The molecule has 0 bridgehead atoms. The number of aliphatic imine (C=N–C) groups is 1. The van der Waals surface area contributed by atoms with Gasteiger partial charge in [-0.3, -0.25) is 4.98 Å². The SMILES string of the molecule is CCNC(=NCc1cccc(C)n1)NCC(C)c1cccc(C)c1. The molecule has 24 heavy (non-hydrogen) atoms. The fourth-order valence-corrected chi connectivity index (χ4v) is 2.53. The Morgan fingerprint density at radius 2 is 1.92 bits per heavy atom. The summed E-state index contributed by atoms with van der Waals surface area (Å²) in [6, 6.07) is 14.7. The lowest BCUT2D eigenvalue weighted by Crippen LogP contribution is -2.39. The van der Waals surface area contributed by atoms with Gasteiger partial charge < -0.3 is 10.6 Å². The molecule has 4 heteroatoms. The first-order chi connectivity index (χ1) is 11.6. The molecule has 0 spiro atoms. The quantitative estimate of drug-likeness (QED) is 0.631. The van der Waals surface area contributed by atoms with E-state index in [1.807, 2.05) is 25.1 Å². The average molecular weight is 324 g/mol. The summed E-state index contributed by atoms with van der Waals surface area (Å²) in [4.78, 5) is 9.14. The van der Waals surface area contributed by atoms with Gasteiger partial charge in [0, 0.05) is 18.8 Å². The summed E-state index contributed by atoms with van der Waals surface area (Å²) in [7, 11) is 0. The summed E-state index contributed by atoms with van der Waals surface area (Å²) in [5.41, 5.74) is 4.65. The third-order valence-electron chi connectivity index (χ3n) is 3.88. The molecule has 4 nitrogen and oxygen atoms in total. The standard InChI is InChI=1S/C20H28N4/c1-5-21-20(23-14-19-11-7-9-17(4)24-19)22-13-16(3)18-10-6-8-15(2)12-18/h6-12,16H,5,13-14H2,1-4H3,(H2,21,22,23). The first-order valence-corrected chi connectivity index (χ1v) is 8.59. The molecule has 2 N–H and O–H groups in total. The Morgan fingerprint density at radius 3 is 2.62 bits per heavy atom. The zero-order valence-corrected chi connectivity index (χ0v) is 15.1. The molecule has 0 fully saturated rings. The number of benzene rings is 1. The number of pyridine rings is 1. The van der Waals surface area contributed by atoms with E-state index in [2.05, 4.69) is 65.6 Å². The van der Waals surface area contributed by atoms with Crippen LogP contribution < -0.4 is 10.6 Å². The van der Waals surface area contributed by atoms with Gasteiger partial charge in [0.15, 0.2) is 5.96 Å². The van der Waals surface area contributed by atoms with Crippen molar-refractivity contribution in [3.05, 3.63) is 65.0 Å². The monoisotopic (exact) mass is 324 g/mol. The van der Waals surface area contributed by atoms with Gasteiger partial charge in [-0.1, -0.05) is 42.8 Å². The maximum absolute atomic E-state index is 4.64. The highest BCUT2D eigenvalue weighted by atomic mass is 15.2. The van der Waals surface area contributed by atoms with Crippen LogP contribution in [0.4, 0.5) is 0 Å². The van der Waals surface area contributed by atoms with Crippen LogP contribution in [0.15, 0.2) is 47.5 Å². The third-order valence-corrected chi connectivity index (χ3v) is 3.88.